The molecule has 0 spiro atoms. The first kappa shape index (κ1) is 22.6. The first-order valence-electron chi connectivity index (χ1n) is 11.2. The molecule has 31 heavy (non-hydrogen) atoms. The molecule has 6 nitrogen and oxygen atoms in total. The van der Waals surface area contributed by atoms with Gasteiger partial charge in [0.1, 0.15) is 11.4 Å². The Bertz CT molecular complexity index is 779. The lowest BCUT2D eigenvalue weighted by Gasteiger charge is -2.44. The highest BCUT2D eigenvalue weighted by Crippen LogP contribution is 2.37. The molecule has 1 unspecified atom stereocenters. The van der Waals surface area contributed by atoms with Gasteiger partial charge in [-0.3, -0.25) is 9.69 Å². The van der Waals surface area contributed by atoms with Crippen LogP contribution in [0.2, 0.25) is 0 Å². The van der Waals surface area contributed by atoms with E-state index < -0.39 is 5.54 Å². The molecular formula is C23H32FN3O3S. The molecule has 1 N–H and O–H groups in total. The second-order valence-electron chi connectivity index (χ2n) is 8.81. The SMILES string of the molecule is COCCN1C(=O)NC(Cc2ccc(F)cc2)(C2CCN(C3CCSCC3)CC2)C1=O. The Morgan fingerprint density at radius 1 is 1.13 bits per heavy atom. The van der Waals surface area contributed by atoms with E-state index >= 15 is 0 Å². The zero-order chi connectivity index (χ0) is 21.8. The predicted octanol–water partition coefficient (Wildman–Crippen LogP) is 2.91. The normalized spacial score (nSPS) is 26.5. The largest absolute Gasteiger partial charge is 0.383 e. The third kappa shape index (κ3) is 4.76. The third-order valence-corrected chi connectivity index (χ3v) is 8.10. The van der Waals surface area contributed by atoms with E-state index in [1.54, 1.807) is 19.2 Å². The van der Waals surface area contributed by atoms with E-state index in [-0.39, 0.29) is 30.2 Å². The number of carbonyl (C=O) groups is 2. The van der Waals surface area contributed by atoms with Crippen LogP contribution in [0.3, 0.4) is 0 Å². The average Bonchev–Trinajstić information content (AvgIpc) is 3.04. The number of hydrogen-bond acceptors (Lipinski definition) is 5. The lowest BCUT2D eigenvalue weighted by atomic mass is 9.73. The topological polar surface area (TPSA) is 61.9 Å². The highest BCUT2D eigenvalue weighted by Gasteiger charge is 2.55. The molecule has 1 aromatic rings. The van der Waals surface area contributed by atoms with Crippen molar-refractivity contribution >= 4 is 23.7 Å². The van der Waals surface area contributed by atoms with E-state index in [4.69, 9.17) is 4.74 Å². The molecule has 4 rings (SSSR count). The van der Waals surface area contributed by atoms with Crippen LogP contribution < -0.4 is 5.32 Å². The standard InChI is InChI=1S/C23H32FN3O3S/c1-30-13-12-27-21(28)23(25-22(27)29,16-17-2-4-19(24)5-3-17)18-6-10-26(11-7-18)20-8-14-31-15-9-20/h2-5,18,20H,6-16H2,1H3,(H,25,29). The smallest absolute Gasteiger partial charge is 0.325 e. The molecule has 3 aliphatic rings. The molecule has 1 atom stereocenters. The molecule has 0 radical (unpaired) electrons. The summed E-state index contributed by atoms with van der Waals surface area (Å²) in [5, 5.41) is 3.07. The van der Waals surface area contributed by atoms with Crippen LogP contribution in [0.4, 0.5) is 9.18 Å². The Hall–Kier alpha value is -1.64. The molecule has 0 bridgehead atoms. The van der Waals surface area contributed by atoms with Gasteiger partial charge in [0.25, 0.3) is 5.91 Å². The Labute approximate surface area is 187 Å². The van der Waals surface area contributed by atoms with Gasteiger partial charge in [0, 0.05) is 19.6 Å². The molecule has 3 saturated heterocycles. The van der Waals surface area contributed by atoms with Crippen molar-refractivity contribution in [1.82, 2.24) is 15.1 Å². The summed E-state index contributed by atoms with van der Waals surface area (Å²) in [6, 6.07) is 6.54. The van der Waals surface area contributed by atoms with Crippen LogP contribution in [-0.4, -0.2) is 78.2 Å². The van der Waals surface area contributed by atoms with E-state index in [2.05, 4.69) is 10.2 Å². The van der Waals surface area contributed by atoms with Crippen molar-refractivity contribution in [2.75, 3.05) is 44.9 Å². The number of carbonyl (C=O) groups excluding carboxylic acids is 2. The Morgan fingerprint density at radius 3 is 2.45 bits per heavy atom. The highest BCUT2D eigenvalue weighted by molar-refractivity contribution is 7.99. The van der Waals surface area contributed by atoms with Crippen molar-refractivity contribution in [3.63, 3.8) is 0 Å². The number of benzene rings is 1. The van der Waals surface area contributed by atoms with Crippen molar-refractivity contribution in [2.45, 2.75) is 43.7 Å². The molecule has 0 aromatic heterocycles. The number of rotatable bonds is 7. The number of amides is 3. The fourth-order valence-electron chi connectivity index (χ4n) is 5.30. The number of urea groups is 1. The summed E-state index contributed by atoms with van der Waals surface area (Å²) in [5.41, 5.74) is -0.118. The monoisotopic (exact) mass is 449 g/mol. The molecule has 3 fully saturated rings. The third-order valence-electron chi connectivity index (χ3n) is 7.05. The van der Waals surface area contributed by atoms with Gasteiger partial charge in [-0.25, -0.2) is 9.18 Å². The van der Waals surface area contributed by atoms with Gasteiger partial charge in [-0.15, -0.1) is 0 Å². The number of likely N-dealkylation sites (tertiary alicyclic amines) is 1. The number of hydrogen-bond donors (Lipinski definition) is 1. The van der Waals surface area contributed by atoms with E-state index in [0.717, 1.165) is 31.5 Å². The molecule has 3 heterocycles. The zero-order valence-electron chi connectivity index (χ0n) is 18.1. The summed E-state index contributed by atoms with van der Waals surface area (Å²) < 4.78 is 18.5. The summed E-state index contributed by atoms with van der Waals surface area (Å²) in [6.45, 7) is 2.45. The van der Waals surface area contributed by atoms with Crippen LogP contribution in [0.25, 0.3) is 0 Å². The van der Waals surface area contributed by atoms with Crippen LogP contribution in [0, 0.1) is 11.7 Å². The minimum Gasteiger partial charge on any atom is -0.383 e. The maximum absolute atomic E-state index is 13.6. The molecule has 0 saturated carbocycles. The Kier molecular flexibility index (Phi) is 7.19. The molecule has 8 heteroatoms. The van der Waals surface area contributed by atoms with E-state index in [1.807, 2.05) is 11.8 Å². The van der Waals surface area contributed by atoms with Crippen molar-refractivity contribution in [1.29, 1.82) is 0 Å². The second-order valence-corrected chi connectivity index (χ2v) is 10.0. The van der Waals surface area contributed by atoms with Crippen molar-refractivity contribution in [3.8, 4) is 0 Å². The predicted molar refractivity (Wildman–Crippen MR) is 120 cm³/mol. The van der Waals surface area contributed by atoms with Gasteiger partial charge in [-0.05, 0) is 73.9 Å². The van der Waals surface area contributed by atoms with Crippen LogP contribution in [0.5, 0.6) is 0 Å². The van der Waals surface area contributed by atoms with Crippen molar-refractivity contribution in [2.24, 2.45) is 5.92 Å². The summed E-state index contributed by atoms with van der Waals surface area (Å²) in [7, 11) is 1.56. The van der Waals surface area contributed by atoms with Gasteiger partial charge in [0.15, 0.2) is 0 Å². The number of halogens is 1. The number of thioether (sulfide) groups is 1. The van der Waals surface area contributed by atoms with Crippen LogP contribution in [-0.2, 0) is 16.0 Å². The number of ether oxygens (including phenoxy) is 1. The number of piperidine rings is 1. The highest BCUT2D eigenvalue weighted by atomic mass is 32.2. The summed E-state index contributed by atoms with van der Waals surface area (Å²) in [4.78, 5) is 30.2. The number of imide groups is 1. The molecule has 0 aliphatic carbocycles. The van der Waals surface area contributed by atoms with E-state index in [9.17, 15) is 14.0 Å². The van der Waals surface area contributed by atoms with Crippen LogP contribution >= 0.6 is 11.8 Å². The first-order valence-corrected chi connectivity index (χ1v) is 12.4. The summed E-state index contributed by atoms with van der Waals surface area (Å²) in [5.74, 6) is 2.02. The summed E-state index contributed by atoms with van der Waals surface area (Å²) >= 11 is 2.03. The van der Waals surface area contributed by atoms with Gasteiger partial charge < -0.3 is 15.0 Å². The lowest BCUT2D eigenvalue weighted by Crippen LogP contribution is -2.58. The maximum atomic E-state index is 13.6. The van der Waals surface area contributed by atoms with Crippen molar-refractivity contribution in [3.05, 3.63) is 35.6 Å². The van der Waals surface area contributed by atoms with Crippen molar-refractivity contribution < 1.29 is 18.7 Å². The minimum atomic E-state index is -0.975. The van der Waals surface area contributed by atoms with Gasteiger partial charge in [-0.1, -0.05) is 12.1 Å². The molecular weight excluding hydrogens is 417 g/mol. The fraction of sp³-hybridized carbons (Fsp3) is 0.652. The van der Waals surface area contributed by atoms with E-state index in [0.29, 0.717) is 19.1 Å². The number of nitrogens with one attached hydrogen (secondary N) is 1. The molecule has 170 valence electrons. The Morgan fingerprint density at radius 2 is 1.81 bits per heavy atom. The second kappa shape index (κ2) is 9.88. The number of methoxy groups -OCH3 is 1. The first-order chi connectivity index (χ1) is 15.0. The van der Waals surface area contributed by atoms with E-state index in [1.165, 1.54) is 41.4 Å². The fourth-order valence-corrected chi connectivity index (χ4v) is 6.38. The zero-order valence-corrected chi connectivity index (χ0v) is 19.0. The summed E-state index contributed by atoms with van der Waals surface area (Å²) in [6.07, 6.45) is 4.59. The van der Waals surface area contributed by atoms with Gasteiger partial charge in [0.05, 0.1) is 13.2 Å². The van der Waals surface area contributed by atoms with Crippen LogP contribution in [0.1, 0.15) is 31.2 Å². The molecule has 3 amide bonds. The Balaban J connectivity index is 1.54. The minimum absolute atomic E-state index is 0.0516. The molecule has 1 aromatic carbocycles. The van der Waals surface area contributed by atoms with Gasteiger partial charge >= 0.3 is 6.03 Å². The maximum Gasteiger partial charge on any atom is 0.325 e. The van der Waals surface area contributed by atoms with Gasteiger partial charge in [-0.2, -0.15) is 11.8 Å². The number of nitrogens with zero attached hydrogens (tertiary/aromatic N) is 2. The molecule has 3 aliphatic heterocycles. The van der Waals surface area contributed by atoms with Crippen LogP contribution in [0.15, 0.2) is 24.3 Å². The van der Waals surface area contributed by atoms with Gasteiger partial charge in [0.2, 0.25) is 0 Å². The lowest BCUT2D eigenvalue weighted by molar-refractivity contribution is -0.134. The average molecular weight is 450 g/mol. The quantitative estimate of drug-likeness (QED) is 0.649.